The minimum absolute atomic E-state index is 0.118. The number of rotatable bonds is 8. The van der Waals surface area contributed by atoms with Crippen molar-refractivity contribution in [2.75, 3.05) is 38.0 Å². The molecule has 5 aliphatic heterocycles. The van der Waals surface area contributed by atoms with Crippen LogP contribution in [-0.2, 0) is 43.9 Å². The van der Waals surface area contributed by atoms with Crippen LogP contribution in [0.25, 0.3) is 0 Å². The summed E-state index contributed by atoms with van der Waals surface area (Å²) in [6.45, 7) is 9.78. The number of pyridine rings is 1. The van der Waals surface area contributed by atoms with Gasteiger partial charge in [0.05, 0.1) is 11.1 Å². The van der Waals surface area contributed by atoms with Crippen LogP contribution >= 0.6 is 11.6 Å². The van der Waals surface area contributed by atoms with Gasteiger partial charge in [0.25, 0.3) is 5.91 Å². The number of piperazine rings is 1. The minimum Gasteiger partial charge on any atom is -0.384 e. The van der Waals surface area contributed by atoms with Gasteiger partial charge in [0, 0.05) is 104 Å². The fraction of sp³-hybridized carbons (Fsp3) is 0.560. The lowest BCUT2D eigenvalue weighted by molar-refractivity contribution is -0.152. The molecule has 0 radical (unpaired) electrons. The van der Waals surface area contributed by atoms with Crippen LogP contribution in [0.1, 0.15) is 123 Å². The number of nitrogens with one attached hydrogen (secondary N) is 4. The SMILES string of the molecule is CC(C)(C)C[C@@H]1N[C@@H](C(=O)NC23CCC(C(=O)N4CCN(Cc5ccc6c(c5)CN(C5CCC(=O)NC5=O)C6=O)CC4)(CC2)CC3)[C@H](c2cccc(Cl)c2F)[C@]12CNc1cc(C(F)(F)F)ncc12. The Morgan fingerprint density at radius 3 is 2.35 bits per heavy atom. The van der Waals surface area contributed by atoms with E-state index in [4.69, 9.17) is 11.6 Å². The molecule has 3 saturated heterocycles. The number of amides is 5. The smallest absolute Gasteiger partial charge is 0.384 e. The Balaban J connectivity index is 0.807. The Labute approximate surface area is 397 Å². The van der Waals surface area contributed by atoms with Gasteiger partial charge in [-0.15, -0.1) is 0 Å². The lowest BCUT2D eigenvalue weighted by atomic mass is 9.56. The second-order valence-corrected chi connectivity index (χ2v) is 22.0. The lowest BCUT2D eigenvalue weighted by Crippen LogP contribution is -2.63. The molecule has 8 aliphatic rings. The molecule has 2 aromatic carbocycles. The van der Waals surface area contributed by atoms with Crippen molar-refractivity contribution in [3.8, 4) is 0 Å². The summed E-state index contributed by atoms with van der Waals surface area (Å²) in [4.78, 5) is 76.5. The van der Waals surface area contributed by atoms with Gasteiger partial charge in [-0.1, -0.05) is 56.6 Å². The first-order chi connectivity index (χ1) is 32.2. The third kappa shape index (κ3) is 8.03. The summed E-state index contributed by atoms with van der Waals surface area (Å²) in [5.74, 6) is -2.69. The molecule has 6 fully saturated rings. The molecule has 13 nitrogen and oxygen atoms in total. The first-order valence-electron chi connectivity index (χ1n) is 23.8. The number of nitrogens with zero attached hydrogens (tertiary/aromatic N) is 4. The molecule has 3 aromatic rings. The molecule has 5 atom stereocenters. The van der Waals surface area contributed by atoms with Crippen molar-refractivity contribution in [2.24, 2.45) is 10.8 Å². The molecule has 18 heteroatoms. The van der Waals surface area contributed by atoms with Gasteiger partial charge in [-0.25, -0.2) is 4.39 Å². The number of carbonyl (C=O) groups excluding carboxylic acids is 5. The van der Waals surface area contributed by atoms with E-state index >= 15 is 4.39 Å². The maximum absolute atomic E-state index is 16.4. The predicted molar refractivity (Wildman–Crippen MR) is 244 cm³/mol. The zero-order chi connectivity index (χ0) is 48.1. The first kappa shape index (κ1) is 46.6. The molecule has 1 unspecified atom stereocenters. The van der Waals surface area contributed by atoms with Gasteiger partial charge in [0.2, 0.25) is 23.6 Å². The summed E-state index contributed by atoms with van der Waals surface area (Å²) in [5.41, 5.74) is -0.109. The molecule has 1 aromatic heterocycles. The summed E-state index contributed by atoms with van der Waals surface area (Å²) in [5, 5.41) is 12.5. The third-order valence-electron chi connectivity index (χ3n) is 16.3. The fourth-order valence-corrected chi connectivity index (χ4v) is 13.0. The molecular formula is C50H57ClF4N8O5. The molecule has 5 amide bonds. The number of piperidine rings is 1. The van der Waals surface area contributed by atoms with Crippen molar-refractivity contribution >= 4 is 46.8 Å². The van der Waals surface area contributed by atoms with Crippen molar-refractivity contribution in [1.29, 1.82) is 0 Å². The van der Waals surface area contributed by atoms with Crippen molar-refractivity contribution in [1.82, 2.24) is 35.6 Å². The van der Waals surface area contributed by atoms with Gasteiger partial charge in [0.15, 0.2) is 0 Å². The van der Waals surface area contributed by atoms with Gasteiger partial charge in [-0.3, -0.25) is 39.2 Å². The summed E-state index contributed by atoms with van der Waals surface area (Å²) in [7, 11) is 0. The van der Waals surface area contributed by atoms with E-state index in [1.54, 1.807) is 17.0 Å². The lowest BCUT2D eigenvalue weighted by Gasteiger charge is -2.54. The molecule has 2 bridgehead atoms. The van der Waals surface area contributed by atoms with E-state index in [0.29, 0.717) is 102 Å². The monoisotopic (exact) mass is 960 g/mol. The van der Waals surface area contributed by atoms with E-state index < -0.39 is 64.0 Å². The number of aromatic nitrogens is 1. The molecule has 3 aliphatic carbocycles. The second kappa shape index (κ2) is 16.8. The Kier molecular flexibility index (Phi) is 11.5. The topological polar surface area (TPSA) is 156 Å². The normalized spacial score (nSPS) is 30.4. The van der Waals surface area contributed by atoms with E-state index in [0.717, 1.165) is 17.2 Å². The number of carbonyl (C=O) groups is 5. The third-order valence-corrected chi connectivity index (χ3v) is 16.6. The van der Waals surface area contributed by atoms with Crippen LogP contribution in [0.15, 0.2) is 48.7 Å². The Bertz CT molecular complexity index is 2570. The zero-order valence-electron chi connectivity index (χ0n) is 38.5. The molecule has 6 heterocycles. The highest BCUT2D eigenvalue weighted by atomic mass is 35.5. The quantitative estimate of drug-likeness (QED) is 0.148. The second-order valence-electron chi connectivity index (χ2n) is 21.6. The van der Waals surface area contributed by atoms with Crippen molar-refractivity contribution < 1.29 is 41.5 Å². The number of hydrogen-bond donors (Lipinski definition) is 4. The van der Waals surface area contributed by atoms with E-state index in [-0.39, 0.29) is 58.3 Å². The fourth-order valence-electron chi connectivity index (χ4n) is 12.8. The average molecular weight is 962 g/mol. The summed E-state index contributed by atoms with van der Waals surface area (Å²) >= 11 is 6.41. The van der Waals surface area contributed by atoms with Crippen molar-refractivity contribution in [2.45, 2.75) is 133 Å². The number of alkyl halides is 3. The van der Waals surface area contributed by atoms with E-state index in [1.807, 2.05) is 23.1 Å². The highest BCUT2D eigenvalue weighted by Gasteiger charge is 2.63. The van der Waals surface area contributed by atoms with Gasteiger partial charge < -0.3 is 25.8 Å². The largest absolute Gasteiger partial charge is 0.433 e. The van der Waals surface area contributed by atoms with Crippen LogP contribution in [0.5, 0.6) is 0 Å². The molecule has 4 N–H and O–H groups in total. The Hall–Kier alpha value is -5.13. The van der Waals surface area contributed by atoms with Gasteiger partial charge in [0.1, 0.15) is 17.6 Å². The predicted octanol–water partition coefficient (Wildman–Crippen LogP) is 6.43. The molecule has 362 valence electrons. The summed E-state index contributed by atoms with van der Waals surface area (Å²) in [6.07, 6.45) is 1.22. The molecule has 68 heavy (non-hydrogen) atoms. The molecule has 3 saturated carbocycles. The maximum atomic E-state index is 16.4. The summed E-state index contributed by atoms with van der Waals surface area (Å²) < 4.78 is 58.1. The van der Waals surface area contributed by atoms with Crippen LogP contribution in [0, 0.1) is 16.6 Å². The highest BCUT2D eigenvalue weighted by molar-refractivity contribution is 6.30. The number of benzene rings is 2. The minimum atomic E-state index is -4.67. The van der Waals surface area contributed by atoms with Crippen molar-refractivity contribution in [3.05, 3.63) is 93.0 Å². The van der Waals surface area contributed by atoms with Gasteiger partial charge in [-0.05, 0) is 91.7 Å². The van der Waals surface area contributed by atoms with Gasteiger partial charge in [-0.2, -0.15) is 13.2 Å². The number of hydrogen-bond acceptors (Lipinski definition) is 9. The van der Waals surface area contributed by atoms with Crippen LogP contribution in [-0.4, -0.2) is 106 Å². The van der Waals surface area contributed by atoms with Crippen LogP contribution in [0.2, 0.25) is 5.02 Å². The van der Waals surface area contributed by atoms with Crippen LogP contribution in [0.3, 0.4) is 0 Å². The highest BCUT2D eigenvalue weighted by Crippen LogP contribution is 2.58. The Morgan fingerprint density at radius 2 is 1.68 bits per heavy atom. The van der Waals surface area contributed by atoms with E-state index in [1.165, 1.54) is 12.3 Å². The number of halogens is 5. The standard InChI is InChI=1S/C50H57ClF4N8O5/c1-46(2,3)23-37-49(27-57-34-22-36(50(53,54)55)56-24-32(34)49)39(31-5-4-6-33(51)40(31)52)41(58-37)43(66)60-48-14-11-47(12-15-48,13-16-48)45(68)62-19-17-61(18-20-62)25-28-7-8-30-29(21-28)26-63(44(30)67)35-9-10-38(64)59-42(35)65/h4-8,21-22,24,35,37,39,41,57-58H,9-20,23,25-27H2,1-3H3,(H,60,66)(H,59,64,65)/t35?,37-,39-,41+,47?,48?,49-/m0/s1. The number of imide groups is 1. The first-order valence-corrected chi connectivity index (χ1v) is 24.2. The van der Waals surface area contributed by atoms with Gasteiger partial charge >= 0.3 is 6.18 Å². The van der Waals surface area contributed by atoms with Crippen LogP contribution < -0.4 is 21.3 Å². The summed E-state index contributed by atoms with van der Waals surface area (Å²) in [6, 6.07) is 9.34. The Morgan fingerprint density at radius 1 is 0.956 bits per heavy atom. The van der Waals surface area contributed by atoms with Crippen LogP contribution in [0.4, 0.5) is 23.2 Å². The molecule has 1 spiro atoms. The molecule has 11 rings (SSSR count). The zero-order valence-corrected chi connectivity index (χ0v) is 39.2. The van der Waals surface area contributed by atoms with E-state index in [9.17, 15) is 37.1 Å². The maximum Gasteiger partial charge on any atom is 0.433 e. The number of fused-ring (bicyclic) bond motifs is 6. The van der Waals surface area contributed by atoms with E-state index in [2.05, 4.69) is 51.9 Å². The molecular weight excluding hydrogens is 904 g/mol. The number of anilines is 1. The van der Waals surface area contributed by atoms with Crippen molar-refractivity contribution in [3.63, 3.8) is 0 Å². The average Bonchev–Trinajstić information content (AvgIpc) is 3.95.